The number of rotatable bonds is 10. The molecule has 2 aromatic heterocycles. The first-order valence-electron chi connectivity index (χ1n) is 10.1. The number of aryl methyl sites for hydroxylation is 1. The second-order valence-corrected chi connectivity index (χ2v) is 8.00. The summed E-state index contributed by atoms with van der Waals surface area (Å²) in [6, 6.07) is 7.61. The van der Waals surface area contributed by atoms with Crippen LogP contribution in [0.25, 0.3) is 10.2 Å². The van der Waals surface area contributed by atoms with Crippen molar-refractivity contribution in [1.29, 1.82) is 0 Å². The number of unbranched alkanes of at least 4 members (excludes halogenated alkanes) is 1. The number of aromatic nitrogens is 2. The summed E-state index contributed by atoms with van der Waals surface area (Å²) in [7, 11) is 1.53. The van der Waals surface area contributed by atoms with Gasteiger partial charge in [-0.3, -0.25) is 14.2 Å². The molecule has 0 fully saturated rings. The van der Waals surface area contributed by atoms with Gasteiger partial charge < -0.3 is 15.2 Å². The summed E-state index contributed by atoms with van der Waals surface area (Å²) in [5.41, 5.74) is 1.19. The van der Waals surface area contributed by atoms with Crippen molar-refractivity contribution in [3.63, 3.8) is 0 Å². The summed E-state index contributed by atoms with van der Waals surface area (Å²) in [5, 5.41) is 13.6. The van der Waals surface area contributed by atoms with Crippen LogP contribution in [0.15, 0.2) is 34.4 Å². The third-order valence-corrected chi connectivity index (χ3v) is 5.76. The highest BCUT2D eigenvalue weighted by atomic mass is 32.1. The molecule has 2 heterocycles. The van der Waals surface area contributed by atoms with E-state index in [1.165, 1.54) is 22.6 Å². The van der Waals surface area contributed by atoms with Crippen LogP contribution in [0.2, 0.25) is 0 Å². The van der Waals surface area contributed by atoms with Crippen molar-refractivity contribution in [3.05, 3.63) is 57.0 Å². The minimum absolute atomic E-state index is 0.0201. The highest BCUT2D eigenvalue weighted by molar-refractivity contribution is 7.17. The summed E-state index contributed by atoms with van der Waals surface area (Å²) >= 11 is 1.09. The van der Waals surface area contributed by atoms with Crippen LogP contribution in [0, 0.1) is 0 Å². The van der Waals surface area contributed by atoms with Gasteiger partial charge in [0.1, 0.15) is 17.2 Å². The average molecular weight is 444 g/mol. The van der Waals surface area contributed by atoms with E-state index in [0.29, 0.717) is 29.4 Å². The number of carboxylic acid groups (broad SMARTS) is 1. The molecule has 3 aromatic rings. The predicted octanol–water partition coefficient (Wildman–Crippen LogP) is 3.33. The maximum absolute atomic E-state index is 13.1. The van der Waals surface area contributed by atoms with Gasteiger partial charge in [-0.1, -0.05) is 25.5 Å². The molecule has 0 aliphatic heterocycles. The van der Waals surface area contributed by atoms with Gasteiger partial charge in [0, 0.05) is 24.6 Å². The van der Waals surface area contributed by atoms with Crippen LogP contribution in [0.3, 0.4) is 0 Å². The Labute approximate surface area is 183 Å². The van der Waals surface area contributed by atoms with Crippen LogP contribution >= 0.6 is 11.3 Å². The number of fused-ring (bicyclic) bond motifs is 1. The smallest absolute Gasteiger partial charge is 0.337 e. The fraction of sp³-hybridized carbons (Fsp3) is 0.364. The Kier molecular flexibility index (Phi) is 7.54. The average Bonchev–Trinajstić information content (AvgIpc) is 3.18. The molecule has 1 amide bonds. The quantitative estimate of drug-likeness (QED) is 0.497. The number of carbonyl (C=O) groups excluding carboxylic acids is 1. The first-order valence-corrected chi connectivity index (χ1v) is 10.9. The number of thiophene rings is 1. The fourth-order valence-electron chi connectivity index (χ4n) is 3.25. The second-order valence-electron chi connectivity index (χ2n) is 7.15. The summed E-state index contributed by atoms with van der Waals surface area (Å²) in [6.07, 6.45) is 3.53. The van der Waals surface area contributed by atoms with Gasteiger partial charge in [-0.05, 0) is 30.5 Å². The zero-order valence-corrected chi connectivity index (χ0v) is 18.3. The van der Waals surface area contributed by atoms with E-state index >= 15 is 0 Å². The van der Waals surface area contributed by atoms with Crippen molar-refractivity contribution < 1.29 is 19.4 Å². The van der Waals surface area contributed by atoms with Gasteiger partial charge >= 0.3 is 5.97 Å². The van der Waals surface area contributed by atoms with E-state index in [1.54, 1.807) is 0 Å². The summed E-state index contributed by atoms with van der Waals surface area (Å²) in [5.74, 6) is -1.22. The van der Waals surface area contributed by atoms with E-state index in [0.717, 1.165) is 30.6 Å². The number of carboxylic acids is 1. The highest BCUT2D eigenvalue weighted by Crippen LogP contribution is 2.22. The topological polar surface area (TPSA) is 111 Å². The molecule has 0 unspecified atom stereocenters. The van der Waals surface area contributed by atoms with Gasteiger partial charge in [-0.15, -0.1) is 11.3 Å². The Morgan fingerprint density at radius 2 is 1.97 bits per heavy atom. The van der Waals surface area contributed by atoms with Crippen LogP contribution in [0.1, 0.15) is 41.5 Å². The van der Waals surface area contributed by atoms with Gasteiger partial charge in [0.25, 0.3) is 5.56 Å². The van der Waals surface area contributed by atoms with E-state index in [9.17, 15) is 19.5 Å². The lowest BCUT2D eigenvalue weighted by molar-refractivity contribution is -0.116. The molecule has 9 heteroatoms. The molecule has 0 atom stereocenters. The van der Waals surface area contributed by atoms with Gasteiger partial charge in [0.2, 0.25) is 5.91 Å². The Hall–Kier alpha value is -3.04. The monoisotopic (exact) mass is 443 g/mol. The number of nitrogens with one attached hydrogen (secondary N) is 1. The van der Waals surface area contributed by atoms with Crippen molar-refractivity contribution in [2.24, 2.45) is 0 Å². The second kappa shape index (κ2) is 10.3. The molecule has 0 aliphatic rings. The molecule has 2 N–H and O–H groups in total. The lowest BCUT2D eigenvalue weighted by atomic mass is 10.1. The summed E-state index contributed by atoms with van der Waals surface area (Å²) < 4.78 is 6.32. The molecule has 0 saturated carbocycles. The maximum Gasteiger partial charge on any atom is 0.337 e. The number of hydrogen-bond donors (Lipinski definition) is 2. The van der Waals surface area contributed by atoms with E-state index in [2.05, 4.69) is 17.2 Å². The Morgan fingerprint density at radius 1 is 1.23 bits per heavy atom. The molecule has 0 aliphatic carbocycles. The van der Waals surface area contributed by atoms with Crippen molar-refractivity contribution in [1.82, 2.24) is 9.55 Å². The molecular weight excluding hydrogens is 418 g/mol. The van der Waals surface area contributed by atoms with Crippen molar-refractivity contribution >= 4 is 39.1 Å². The van der Waals surface area contributed by atoms with Crippen molar-refractivity contribution in [2.75, 3.05) is 19.0 Å². The third kappa shape index (κ3) is 5.36. The minimum atomic E-state index is -1.20. The van der Waals surface area contributed by atoms with Crippen LogP contribution in [0.4, 0.5) is 5.69 Å². The lowest BCUT2D eigenvalue weighted by Gasteiger charge is -2.13. The molecular formula is C22H25N3O5S. The Morgan fingerprint density at radius 3 is 2.61 bits per heavy atom. The van der Waals surface area contributed by atoms with Crippen molar-refractivity contribution in [3.8, 4) is 0 Å². The number of methoxy groups -OCH3 is 1. The zero-order chi connectivity index (χ0) is 22.4. The fourth-order valence-corrected chi connectivity index (χ4v) is 4.17. The largest absolute Gasteiger partial charge is 0.478 e. The molecule has 0 bridgehead atoms. The van der Waals surface area contributed by atoms with Gasteiger partial charge in [-0.2, -0.15) is 0 Å². The Balaban J connectivity index is 1.86. The standard InChI is InChI=1S/C22H25N3O5S/c1-3-4-5-14-6-8-15(9-7-14)23-18(26)12-25-17(10-11-30-2)24-20-19(21(25)27)16(13-31-20)22(28)29/h6-9,13H,3-5,10-12H2,1-2H3,(H,23,26)(H,28,29). The molecule has 8 nitrogen and oxygen atoms in total. The van der Waals surface area contributed by atoms with Crippen LogP contribution < -0.4 is 10.9 Å². The number of benzene rings is 1. The maximum atomic E-state index is 13.1. The minimum Gasteiger partial charge on any atom is -0.478 e. The third-order valence-electron chi connectivity index (χ3n) is 4.89. The van der Waals surface area contributed by atoms with Crippen LogP contribution in [0.5, 0.6) is 0 Å². The number of aromatic carboxylic acids is 1. The number of hydrogen-bond acceptors (Lipinski definition) is 6. The summed E-state index contributed by atoms with van der Waals surface area (Å²) in [6.45, 7) is 2.18. The predicted molar refractivity (Wildman–Crippen MR) is 120 cm³/mol. The molecule has 3 rings (SSSR count). The number of nitrogens with zero attached hydrogens (tertiary/aromatic N) is 2. The Bertz CT molecular complexity index is 1130. The lowest BCUT2D eigenvalue weighted by Crippen LogP contribution is -2.32. The molecule has 0 spiro atoms. The normalized spacial score (nSPS) is 11.0. The molecule has 164 valence electrons. The van der Waals surface area contributed by atoms with Gasteiger partial charge in [0.15, 0.2) is 0 Å². The van der Waals surface area contributed by atoms with E-state index in [1.807, 2.05) is 24.3 Å². The molecule has 31 heavy (non-hydrogen) atoms. The molecule has 0 saturated heterocycles. The number of ether oxygens (including phenoxy) is 1. The number of anilines is 1. The number of amides is 1. The van der Waals surface area contributed by atoms with Gasteiger partial charge in [-0.25, -0.2) is 9.78 Å². The SMILES string of the molecule is CCCCc1ccc(NC(=O)Cn2c(CCOC)nc3scc(C(=O)O)c3c2=O)cc1. The van der Waals surface area contributed by atoms with E-state index < -0.39 is 17.4 Å². The summed E-state index contributed by atoms with van der Waals surface area (Å²) in [4.78, 5) is 42.0. The van der Waals surface area contributed by atoms with Crippen LogP contribution in [-0.4, -0.2) is 40.3 Å². The highest BCUT2D eigenvalue weighted by Gasteiger charge is 2.20. The first-order chi connectivity index (χ1) is 14.9. The van der Waals surface area contributed by atoms with E-state index in [4.69, 9.17) is 4.74 Å². The molecule has 1 aromatic carbocycles. The zero-order valence-electron chi connectivity index (χ0n) is 17.5. The van der Waals surface area contributed by atoms with Crippen molar-refractivity contribution in [2.45, 2.75) is 39.2 Å². The van der Waals surface area contributed by atoms with Gasteiger partial charge in [0.05, 0.1) is 17.6 Å². The van der Waals surface area contributed by atoms with E-state index in [-0.39, 0.29) is 17.5 Å². The first kappa shape index (κ1) is 22.6. The molecule has 0 radical (unpaired) electrons. The van der Waals surface area contributed by atoms with Crippen LogP contribution in [-0.2, 0) is 28.9 Å². The number of carbonyl (C=O) groups is 2.